The van der Waals surface area contributed by atoms with Gasteiger partial charge in [-0.3, -0.25) is 10.1 Å². The molecule has 19 heavy (non-hydrogen) atoms. The molecular formula is C12H15N5O2. The van der Waals surface area contributed by atoms with Crippen molar-refractivity contribution in [3.05, 3.63) is 34.8 Å². The smallest absolute Gasteiger partial charge is 0.238 e. The number of H-pyrrole nitrogens is 1. The molecule has 0 fully saturated rings. The minimum absolute atomic E-state index is 0.0488. The Hall–Kier alpha value is -2.57. The number of aryl methyl sites for hydroxylation is 3. The second-order valence-electron chi connectivity index (χ2n) is 4.20. The lowest BCUT2D eigenvalue weighted by Crippen LogP contribution is -2.17. The van der Waals surface area contributed by atoms with E-state index in [1.54, 1.807) is 19.1 Å². The number of rotatable bonds is 3. The van der Waals surface area contributed by atoms with Crippen molar-refractivity contribution < 1.29 is 9.94 Å². The molecule has 0 aliphatic heterocycles. The van der Waals surface area contributed by atoms with Crippen molar-refractivity contribution in [3.8, 4) is 11.6 Å². The molecule has 7 heteroatoms. The third kappa shape index (κ3) is 2.65. The summed E-state index contributed by atoms with van der Waals surface area (Å²) in [5.74, 6) is 0.813. The summed E-state index contributed by atoms with van der Waals surface area (Å²) < 4.78 is 5.66. The van der Waals surface area contributed by atoms with Crippen LogP contribution in [0.1, 0.15) is 22.6 Å². The first kappa shape index (κ1) is 12.9. The van der Waals surface area contributed by atoms with Crippen molar-refractivity contribution >= 4 is 5.84 Å². The summed E-state index contributed by atoms with van der Waals surface area (Å²) in [6, 6.07) is 3.46. The van der Waals surface area contributed by atoms with Crippen molar-refractivity contribution in [1.82, 2.24) is 15.2 Å². The standard InChI is InChI=1S/C12H15N5O2/c1-6-4-9(19-10-5-7(2)15-16-10)11(8(3)14-6)12(13)17-18/h4-5,18H,1-3H3,(H2,13,17)(H,15,16). The van der Waals surface area contributed by atoms with E-state index in [0.29, 0.717) is 22.9 Å². The van der Waals surface area contributed by atoms with E-state index in [1.165, 1.54) is 0 Å². The van der Waals surface area contributed by atoms with Crippen LogP contribution < -0.4 is 10.5 Å². The number of oxime groups is 1. The fourth-order valence-corrected chi connectivity index (χ4v) is 1.79. The highest BCUT2D eigenvalue weighted by Gasteiger charge is 2.15. The van der Waals surface area contributed by atoms with Gasteiger partial charge >= 0.3 is 0 Å². The zero-order valence-corrected chi connectivity index (χ0v) is 10.9. The average molecular weight is 261 g/mol. The quantitative estimate of drug-likeness (QED) is 0.336. The Morgan fingerprint density at radius 3 is 2.68 bits per heavy atom. The molecule has 0 aliphatic carbocycles. The van der Waals surface area contributed by atoms with Crippen molar-refractivity contribution in [2.75, 3.05) is 0 Å². The van der Waals surface area contributed by atoms with E-state index >= 15 is 0 Å². The van der Waals surface area contributed by atoms with Gasteiger partial charge in [0.15, 0.2) is 5.84 Å². The fraction of sp³-hybridized carbons (Fsp3) is 0.250. The first-order valence-corrected chi connectivity index (χ1v) is 5.67. The molecule has 0 unspecified atom stereocenters. The summed E-state index contributed by atoms with van der Waals surface area (Å²) in [6.07, 6.45) is 0. The Bertz CT molecular complexity index is 633. The van der Waals surface area contributed by atoms with Crippen LogP contribution in [-0.2, 0) is 0 Å². The van der Waals surface area contributed by atoms with Gasteiger partial charge in [-0.2, -0.15) is 0 Å². The SMILES string of the molecule is Cc1cc(Oc2cc(C)[nH]n2)c(/C(N)=N/O)c(C)n1. The van der Waals surface area contributed by atoms with Gasteiger partial charge in [-0.05, 0) is 20.8 Å². The number of nitrogens with two attached hydrogens (primary N) is 1. The molecule has 0 aliphatic rings. The molecule has 0 radical (unpaired) electrons. The van der Waals surface area contributed by atoms with Crippen LogP contribution in [0.2, 0.25) is 0 Å². The molecule has 0 bridgehead atoms. The fourth-order valence-electron chi connectivity index (χ4n) is 1.79. The predicted octanol–water partition coefficient (Wildman–Crippen LogP) is 1.62. The molecule has 0 spiro atoms. The topological polar surface area (TPSA) is 109 Å². The van der Waals surface area contributed by atoms with Crippen LogP contribution in [0.3, 0.4) is 0 Å². The van der Waals surface area contributed by atoms with E-state index in [2.05, 4.69) is 20.3 Å². The van der Waals surface area contributed by atoms with Gasteiger partial charge in [0.05, 0.1) is 11.3 Å². The largest absolute Gasteiger partial charge is 0.437 e. The number of nitrogens with one attached hydrogen (secondary N) is 1. The van der Waals surface area contributed by atoms with E-state index in [-0.39, 0.29) is 5.84 Å². The summed E-state index contributed by atoms with van der Waals surface area (Å²) in [5.41, 5.74) is 8.38. The molecule has 2 aromatic heterocycles. The van der Waals surface area contributed by atoms with Crippen molar-refractivity contribution in [1.29, 1.82) is 0 Å². The van der Waals surface area contributed by atoms with Crippen LogP contribution in [0.15, 0.2) is 17.3 Å². The number of hydrogen-bond acceptors (Lipinski definition) is 5. The van der Waals surface area contributed by atoms with Crippen molar-refractivity contribution in [2.45, 2.75) is 20.8 Å². The van der Waals surface area contributed by atoms with Crippen molar-refractivity contribution in [3.63, 3.8) is 0 Å². The van der Waals surface area contributed by atoms with E-state index < -0.39 is 0 Å². The van der Waals surface area contributed by atoms with E-state index in [1.807, 2.05) is 13.8 Å². The van der Waals surface area contributed by atoms with Crippen LogP contribution in [0.25, 0.3) is 0 Å². The minimum Gasteiger partial charge on any atom is -0.437 e. The average Bonchev–Trinajstić information content (AvgIpc) is 2.73. The second-order valence-corrected chi connectivity index (χ2v) is 4.20. The van der Waals surface area contributed by atoms with Gasteiger partial charge < -0.3 is 15.7 Å². The molecule has 2 aromatic rings. The molecule has 7 nitrogen and oxygen atoms in total. The Balaban J connectivity index is 2.48. The van der Waals surface area contributed by atoms with E-state index in [0.717, 1.165) is 11.4 Å². The van der Waals surface area contributed by atoms with Gasteiger partial charge in [0.2, 0.25) is 5.88 Å². The molecule has 4 N–H and O–H groups in total. The second kappa shape index (κ2) is 4.97. The Kier molecular flexibility index (Phi) is 3.37. The lowest BCUT2D eigenvalue weighted by molar-refractivity contribution is 0.318. The number of pyridine rings is 1. The van der Waals surface area contributed by atoms with Gasteiger partial charge in [0, 0.05) is 23.5 Å². The summed E-state index contributed by atoms with van der Waals surface area (Å²) >= 11 is 0. The van der Waals surface area contributed by atoms with E-state index in [9.17, 15) is 0 Å². The molecule has 0 saturated heterocycles. The molecule has 0 aromatic carbocycles. The lowest BCUT2D eigenvalue weighted by atomic mass is 10.1. The molecular weight excluding hydrogens is 246 g/mol. The molecule has 0 amide bonds. The monoisotopic (exact) mass is 261 g/mol. The highest BCUT2D eigenvalue weighted by molar-refractivity contribution is 6.00. The summed E-state index contributed by atoms with van der Waals surface area (Å²) in [4.78, 5) is 4.27. The van der Waals surface area contributed by atoms with Crippen LogP contribution >= 0.6 is 0 Å². The molecule has 100 valence electrons. The zero-order chi connectivity index (χ0) is 14.0. The Morgan fingerprint density at radius 1 is 1.37 bits per heavy atom. The van der Waals surface area contributed by atoms with Gasteiger partial charge in [-0.25, -0.2) is 0 Å². The number of hydrogen-bond donors (Lipinski definition) is 3. The first-order valence-electron chi connectivity index (χ1n) is 5.67. The molecule has 2 heterocycles. The predicted molar refractivity (Wildman–Crippen MR) is 69.6 cm³/mol. The zero-order valence-electron chi connectivity index (χ0n) is 10.9. The van der Waals surface area contributed by atoms with Crippen LogP contribution in [0.4, 0.5) is 0 Å². The van der Waals surface area contributed by atoms with Crippen molar-refractivity contribution in [2.24, 2.45) is 10.9 Å². The molecule has 2 rings (SSSR count). The maximum atomic E-state index is 8.83. The van der Waals surface area contributed by atoms with Crippen LogP contribution in [-0.4, -0.2) is 26.2 Å². The van der Waals surface area contributed by atoms with Gasteiger partial charge in [-0.1, -0.05) is 5.16 Å². The first-order chi connectivity index (χ1) is 9.01. The maximum Gasteiger partial charge on any atom is 0.238 e. The summed E-state index contributed by atoms with van der Waals surface area (Å²) in [6.45, 7) is 5.47. The van der Waals surface area contributed by atoms with Gasteiger partial charge in [-0.15, -0.1) is 5.10 Å². The van der Waals surface area contributed by atoms with Crippen LogP contribution in [0, 0.1) is 20.8 Å². The third-order valence-corrected chi connectivity index (χ3v) is 2.55. The summed E-state index contributed by atoms with van der Waals surface area (Å²) in [7, 11) is 0. The molecule has 0 saturated carbocycles. The number of ether oxygens (including phenoxy) is 1. The third-order valence-electron chi connectivity index (χ3n) is 2.55. The van der Waals surface area contributed by atoms with Gasteiger partial charge in [0.25, 0.3) is 0 Å². The van der Waals surface area contributed by atoms with Gasteiger partial charge in [0.1, 0.15) is 5.75 Å². The van der Waals surface area contributed by atoms with E-state index in [4.69, 9.17) is 15.7 Å². The Labute approximate surface area is 110 Å². The molecule has 0 atom stereocenters. The number of aromatic amines is 1. The lowest BCUT2D eigenvalue weighted by Gasteiger charge is -2.11. The normalized spacial score (nSPS) is 11.6. The number of amidine groups is 1. The number of nitrogens with zero attached hydrogens (tertiary/aromatic N) is 3. The highest BCUT2D eigenvalue weighted by Crippen LogP contribution is 2.26. The highest BCUT2D eigenvalue weighted by atomic mass is 16.5. The van der Waals surface area contributed by atoms with Crippen LogP contribution in [0.5, 0.6) is 11.6 Å². The minimum atomic E-state index is -0.0488. The summed E-state index contributed by atoms with van der Waals surface area (Å²) in [5, 5.41) is 18.6. The Morgan fingerprint density at radius 2 is 2.11 bits per heavy atom. The number of aromatic nitrogens is 3. The maximum absolute atomic E-state index is 8.83.